The number of fused-ring (bicyclic) bond motifs is 1. The Kier molecular flexibility index (Phi) is 5.63. The number of imidazole rings is 1. The minimum absolute atomic E-state index is 0.223. The van der Waals surface area contributed by atoms with E-state index in [9.17, 15) is 0 Å². The van der Waals surface area contributed by atoms with E-state index in [4.69, 9.17) is 9.15 Å². The second-order valence-corrected chi connectivity index (χ2v) is 8.85. The van der Waals surface area contributed by atoms with Gasteiger partial charge in [-0.05, 0) is 43.9 Å². The number of piperidine rings is 2. The Bertz CT molecular complexity index is 1060. The van der Waals surface area contributed by atoms with Crippen LogP contribution in [0, 0.1) is 0 Å². The van der Waals surface area contributed by atoms with E-state index in [1.165, 1.54) is 0 Å². The Balaban J connectivity index is 1.21. The topological polar surface area (TPSA) is 59.6 Å². The number of methoxy groups -OCH3 is 1. The van der Waals surface area contributed by atoms with Crippen LogP contribution in [0.5, 0.6) is 6.01 Å². The fraction of sp³-hybridized carbons (Fsp3) is 0.500. The number of rotatable bonds is 6. The van der Waals surface area contributed by atoms with Gasteiger partial charge in [-0.3, -0.25) is 9.47 Å². The lowest BCUT2D eigenvalue weighted by Gasteiger charge is -2.43. The van der Waals surface area contributed by atoms with Crippen molar-refractivity contribution in [3.8, 4) is 6.01 Å². The first-order valence-corrected chi connectivity index (χ1v) is 11.3. The van der Waals surface area contributed by atoms with E-state index >= 15 is 4.39 Å². The number of allylic oxidation sites excluding steroid dienone is 1. The first kappa shape index (κ1) is 21.0. The standard InChI is InChI=1S/C24H30FN5O2/c1-18(24(25)8-13-28(14-9-24)16-19-7-15-32-17-19)29-11-5-20(6-12-29)30-22-21(4-3-10-26-22)27-23(30)31-2/h3-4,7,10,15,17,20H,1,5-6,8-9,11-14,16H2,2H3. The third-order valence-electron chi connectivity index (χ3n) is 6.96. The Morgan fingerprint density at radius 1 is 1.25 bits per heavy atom. The normalized spacial score (nSPS) is 20.0. The summed E-state index contributed by atoms with van der Waals surface area (Å²) in [6, 6.07) is 6.61. The van der Waals surface area contributed by atoms with E-state index in [0.29, 0.717) is 24.5 Å². The van der Waals surface area contributed by atoms with Crippen molar-refractivity contribution in [2.45, 2.75) is 43.9 Å². The lowest BCUT2D eigenvalue weighted by Crippen LogP contribution is -2.47. The van der Waals surface area contributed by atoms with Crippen molar-refractivity contribution in [1.82, 2.24) is 24.3 Å². The molecule has 2 fully saturated rings. The maximum absolute atomic E-state index is 15.9. The Hall–Kier alpha value is -2.87. The quantitative estimate of drug-likeness (QED) is 0.574. The molecule has 0 unspecified atom stereocenters. The third-order valence-corrected chi connectivity index (χ3v) is 6.96. The van der Waals surface area contributed by atoms with Gasteiger partial charge in [-0.15, -0.1) is 0 Å². The highest BCUT2D eigenvalue weighted by molar-refractivity contribution is 5.72. The molecule has 32 heavy (non-hydrogen) atoms. The second-order valence-electron chi connectivity index (χ2n) is 8.85. The van der Waals surface area contributed by atoms with Crippen molar-refractivity contribution in [1.29, 1.82) is 0 Å². The molecule has 170 valence electrons. The number of hydrogen-bond donors (Lipinski definition) is 0. The van der Waals surface area contributed by atoms with Crippen LogP contribution in [0.1, 0.15) is 37.3 Å². The lowest BCUT2D eigenvalue weighted by atomic mass is 9.88. The van der Waals surface area contributed by atoms with Crippen LogP contribution in [0.15, 0.2) is 53.6 Å². The SMILES string of the molecule is C=C(N1CCC(n2c(OC)nc3cccnc32)CC1)C1(F)CCN(Cc2ccoc2)CC1. The number of nitrogens with zero attached hydrogens (tertiary/aromatic N) is 5. The zero-order chi connectivity index (χ0) is 22.1. The summed E-state index contributed by atoms with van der Waals surface area (Å²) in [5.41, 5.74) is 2.11. The van der Waals surface area contributed by atoms with Crippen LogP contribution in [-0.2, 0) is 6.54 Å². The molecule has 2 aliphatic heterocycles. The average molecular weight is 440 g/mol. The van der Waals surface area contributed by atoms with Gasteiger partial charge in [0.2, 0.25) is 0 Å². The molecule has 0 spiro atoms. The zero-order valence-electron chi connectivity index (χ0n) is 18.5. The van der Waals surface area contributed by atoms with Crippen molar-refractivity contribution >= 4 is 11.2 Å². The zero-order valence-corrected chi connectivity index (χ0v) is 18.5. The molecule has 0 saturated carbocycles. The first-order chi connectivity index (χ1) is 15.6. The molecule has 7 nitrogen and oxygen atoms in total. The van der Waals surface area contributed by atoms with Crippen molar-refractivity contribution < 1.29 is 13.5 Å². The molecular formula is C24H30FN5O2. The number of pyridine rings is 1. The third kappa shape index (κ3) is 3.88. The molecule has 5 heterocycles. The number of furan rings is 1. The van der Waals surface area contributed by atoms with Gasteiger partial charge in [0.15, 0.2) is 11.3 Å². The first-order valence-electron chi connectivity index (χ1n) is 11.3. The number of aromatic nitrogens is 3. The fourth-order valence-electron chi connectivity index (χ4n) is 5.05. The fourth-order valence-corrected chi connectivity index (χ4v) is 5.05. The predicted molar refractivity (Wildman–Crippen MR) is 120 cm³/mol. The molecule has 0 bridgehead atoms. The van der Waals surface area contributed by atoms with E-state index in [-0.39, 0.29) is 6.04 Å². The second kappa shape index (κ2) is 8.58. The van der Waals surface area contributed by atoms with Gasteiger partial charge in [-0.1, -0.05) is 6.58 Å². The Morgan fingerprint density at radius 3 is 2.72 bits per heavy atom. The monoisotopic (exact) mass is 439 g/mol. The summed E-state index contributed by atoms with van der Waals surface area (Å²) in [6.45, 7) is 7.99. The van der Waals surface area contributed by atoms with Crippen molar-refractivity contribution in [2.75, 3.05) is 33.3 Å². The van der Waals surface area contributed by atoms with Crippen molar-refractivity contribution in [3.05, 3.63) is 54.8 Å². The van der Waals surface area contributed by atoms with Gasteiger partial charge in [0.25, 0.3) is 6.01 Å². The Morgan fingerprint density at radius 2 is 2.03 bits per heavy atom. The smallest absolute Gasteiger partial charge is 0.298 e. The lowest BCUT2D eigenvalue weighted by molar-refractivity contribution is 0.0519. The van der Waals surface area contributed by atoms with Crippen molar-refractivity contribution in [3.63, 3.8) is 0 Å². The summed E-state index contributed by atoms with van der Waals surface area (Å²) in [4.78, 5) is 13.5. The van der Waals surface area contributed by atoms with E-state index < -0.39 is 5.67 Å². The summed E-state index contributed by atoms with van der Waals surface area (Å²) in [7, 11) is 1.64. The largest absolute Gasteiger partial charge is 0.472 e. The van der Waals surface area contributed by atoms with Crippen LogP contribution in [0.25, 0.3) is 11.2 Å². The van der Waals surface area contributed by atoms with Crippen LogP contribution in [0.3, 0.4) is 0 Å². The van der Waals surface area contributed by atoms with Gasteiger partial charge in [0.05, 0.1) is 19.6 Å². The summed E-state index contributed by atoms with van der Waals surface area (Å²) < 4.78 is 28.6. The van der Waals surface area contributed by atoms with Crippen LogP contribution < -0.4 is 4.74 Å². The number of ether oxygens (including phenoxy) is 1. The predicted octanol–water partition coefficient (Wildman–Crippen LogP) is 4.19. The molecule has 2 aliphatic rings. The molecule has 0 atom stereocenters. The van der Waals surface area contributed by atoms with E-state index in [1.807, 2.05) is 18.2 Å². The average Bonchev–Trinajstić information content (AvgIpc) is 3.47. The van der Waals surface area contributed by atoms with E-state index in [1.54, 1.807) is 25.8 Å². The van der Waals surface area contributed by atoms with Crippen LogP contribution in [0.2, 0.25) is 0 Å². The molecule has 0 aromatic carbocycles. The van der Waals surface area contributed by atoms with Gasteiger partial charge in [-0.25, -0.2) is 9.37 Å². The molecule has 3 aromatic rings. The van der Waals surface area contributed by atoms with Gasteiger partial charge in [-0.2, -0.15) is 4.98 Å². The van der Waals surface area contributed by atoms with Crippen LogP contribution in [0.4, 0.5) is 4.39 Å². The molecular weight excluding hydrogens is 409 g/mol. The molecule has 2 saturated heterocycles. The molecule has 0 radical (unpaired) electrons. The minimum Gasteiger partial charge on any atom is -0.472 e. The van der Waals surface area contributed by atoms with Gasteiger partial charge in [0.1, 0.15) is 5.52 Å². The van der Waals surface area contributed by atoms with Crippen LogP contribution in [-0.4, -0.2) is 63.3 Å². The van der Waals surface area contributed by atoms with Crippen molar-refractivity contribution in [2.24, 2.45) is 0 Å². The minimum atomic E-state index is -1.33. The number of halogens is 1. The van der Waals surface area contributed by atoms with Crippen LogP contribution >= 0.6 is 0 Å². The van der Waals surface area contributed by atoms with Gasteiger partial charge >= 0.3 is 0 Å². The molecule has 0 N–H and O–H groups in total. The number of likely N-dealkylation sites (tertiary alicyclic amines) is 2. The summed E-state index contributed by atoms with van der Waals surface area (Å²) in [6.07, 6.45) is 7.93. The molecule has 0 amide bonds. The Labute approximate surface area is 187 Å². The summed E-state index contributed by atoms with van der Waals surface area (Å²) in [5, 5.41) is 0. The maximum atomic E-state index is 15.9. The molecule has 5 rings (SSSR count). The maximum Gasteiger partial charge on any atom is 0.298 e. The highest BCUT2D eigenvalue weighted by atomic mass is 19.1. The molecule has 3 aromatic heterocycles. The van der Waals surface area contributed by atoms with Gasteiger partial charge < -0.3 is 14.1 Å². The highest BCUT2D eigenvalue weighted by Crippen LogP contribution is 2.38. The molecule has 8 heteroatoms. The highest BCUT2D eigenvalue weighted by Gasteiger charge is 2.40. The number of alkyl halides is 1. The summed E-state index contributed by atoms with van der Waals surface area (Å²) in [5.74, 6) is 0. The van der Waals surface area contributed by atoms with Gasteiger partial charge in [0, 0.05) is 56.2 Å². The summed E-state index contributed by atoms with van der Waals surface area (Å²) >= 11 is 0. The molecule has 0 aliphatic carbocycles. The van der Waals surface area contributed by atoms with E-state index in [2.05, 4.69) is 30.9 Å². The van der Waals surface area contributed by atoms with E-state index in [0.717, 1.165) is 62.3 Å². The number of hydrogen-bond acceptors (Lipinski definition) is 6.